The third-order valence-electron chi connectivity index (χ3n) is 4.27. The van der Waals surface area contributed by atoms with Gasteiger partial charge in [0.05, 0.1) is 13.0 Å². The molecular formula is C19H29FN4O. The number of carbonyl (C=O) groups excluding carboxylic acids is 1. The molecule has 2 rings (SSSR count). The van der Waals surface area contributed by atoms with Crippen molar-refractivity contribution in [2.45, 2.75) is 51.5 Å². The number of amides is 1. The second-order valence-corrected chi connectivity index (χ2v) is 6.39. The zero-order valence-electron chi connectivity index (χ0n) is 15.0. The number of hydrogen-bond donors (Lipinski definition) is 3. The van der Waals surface area contributed by atoms with E-state index in [0.29, 0.717) is 19.1 Å². The zero-order valence-corrected chi connectivity index (χ0v) is 15.0. The molecule has 0 aliphatic heterocycles. The van der Waals surface area contributed by atoms with E-state index in [2.05, 4.69) is 20.9 Å². The molecule has 138 valence electrons. The number of carbonyl (C=O) groups is 1. The number of aliphatic imine (C=N–C) groups is 1. The third kappa shape index (κ3) is 7.54. The van der Waals surface area contributed by atoms with Crippen LogP contribution < -0.4 is 16.0 Å². The van der Waals surface area contributed by atoms with Crippen molar-refractivity contribution in [1.82, 2.24) is 16.0 Å². The summed E-state index contributed by atoms with van der Waals surface area (Å²) in [5.74, 6) is 0.453. The van der Waals surface area contributed by atoms with E-state index in [1.54, 1.807) is 12.1 Å². The molecule has 25 heavy (non-hydrogen) atoms. The summed E-state index contributed by atoms with van der Waals surface area (Å²) >= 11 is 0. The Morgan fingerprint density at radius 3 is 2.56 bits per heavy atom. The molecule has 1 aromatic carbocycles. The number of benzene rings is 1. The standard InChI is InChI=1S/C19H29FN4O/c1-2-21-19(24-17-6-4-3-5-7-17)23-13-12-22-18(25)14-15-8-10-16(20)11-9-15/h8-11,17H,2-7,12-14H2,1H3,(H,22,25)(H2,21,23,24). The monoisotopic (exact) mass is 348 g/mol. The molecule has 6 heteroatoms. The van der Waals surface area contributed by atoms with Gasteiger partial charge in [0.1, 0.15) is 5.82 Å². The summed E-state index contributed by atoms with van der Waals surface area (Å²) in [5.41, 5.74) is 0.801. The van der Waals surface area contributed by atoms with E-state index in [4.69, 9.17) is 0 Å². The Hall–Kier alpha value is -2.11. The number of nitrogens with zero attached hydrogens (tertiary/aromatic N) is 1. The van der Waals surface area contributed by atoms with Gasteiger partial charge in [-0.3, -0.25) is 9.79 Å². The molecule has 0 aromatic heterocycles. The maximum atomic E-state index is 12.9. The van der Waals surface area contributed by atoms with Crippen LogP contribution in [0.1, 0.15) is 44.6 Å². The minimum Gasteiger partial charge on any atom is -0.357 e. The highest BCUT2D eigenvalue weighted by Crippen LogP contribution is 2.17. The van der Waals surface area contributed by atoms with E-state index in [1.807, 2.05) is 6.92 Å². The molecule has 1 fully saturated rings. The Kier molecular flexibility index (Phi) is 8.22. The number of hydrogen-bond acceptors (Lipinski definition) is 2. The summed E-state index contributed by atoms with van der Waals surface area (Å²) in [5, 5.41) is 9.59. The molecule has 1 amide bonds. The van der Waals surface area contributed by atoms with Crippen molar-refractivity contribution < 1.29 is 9.18 Å². The van der Waals surface area contributed by atoms with Crippen LogP contribution in [-0.2, 0) is 11.2 Å². The maximum absolute atomic E-state index is 12.9. The fraction of sp³-hybridized carbons (Fsp3) is 0.579. The fourth-order valence-corrected chi connectivity index (χ4v) is 2.97. The van der Waals surface area contributed by atoms with Crippen molar-refractivity contribution in [3.8, 4) is 0 Å². The summed E-state index contributed by atoms with van der Waals surface area (Å²) in [4.78, 5) is 16.4. The van der Waals surface area contributed by atoms with Gasteiger partial charge in [0.15, 0.2) is 5.96 Å². The highest BCUT2D eigenvalue weighted by atomic mass is 19.1. The van der Waals surface area contributed by atoms with Gasteiger partial charge >= 0.3 is 0 Å². The van der Waals surface area contributed by atoms with Crippen LogP contribution in [0, 0.1) is 5.82 Å². The zero-order chi connectivity index (χ0) is 17.9. The molecule has 0 radical (unpaired) electrons. The van der Waals surface area contributed by atoms with Crippen LogP contribution in [0.5, 0.6) is 0 Å². The molecule has 1 aliphatic carbocycles. The predicted octanol–water partition coefficient (Wildman–Crippen LogP) is 2.37. The number of guanidine groups is 1. The Morgan fingerprint density at radius 2 is 1.88 bits per heavy atom. The van der Waals surface area contributed by atoms with Crippen molar-refractivity contribution in [1.29, 1.82) is 0 Å². The van der Waals surface area contributed by atoms with Gasteiger partial charge in [-0.05, 0) is 37.5 Å². The lowest BCUT2D eigenvalue weighted by Gasteiger charge is -2.24. The minimum absolute atomic E-state index is 0.0768. The fourth-order valence-electron chi connectivity index (χ4n) is 2.97. The quantitative estimate of drug-likeness (QED) is 0.403. The lowest BCUT2D eigenvalue weighted by atomic mass is 9.96. The van der Waals surface area contributed by atoms with Crippen LogP contribution >= 0.6 is 0 Å². The van der Waals surface area contributed by atoms with Gasteiger partial charge in [-0.2, -0.15) is 0 Å². The second-order valence-electron chi connectivity index (χ2n) is 6.39. The van der Waals surface area contributed by atoms with Crippen molar-refractivity contribution in [3.63, 3.8) is 0 Å². The number of nitrogens with one attached hydrogen (secondary N) is 3. The molecule has 0 bridgehead atoms. The number of halogens is 1. The first kappa shape index (κ1) is 19.2. The average molecular weight is 348 g/mol. The summed E-state index contributed by atoms with van der Waals surface area (Å²) in [6.45, 7) is 3.87. The predicted molar refractivity (Wildman–Crippen MR) is 99.1 cm³/mol. The highest BCUT2D eigenvalue weighted by molar-refractivity contribution is 5.80. The van der Waals surface area contributed by atoms with Crippen LogP contribution in [0.4, 0.5) is 4.39 Å². The normalized spacial score (nSPS) is 15.7. The van der Waals surface area contributed by atoms with E-state index in [0.717, 1.165) is 18.1 Å². The van der Waals surface area contributed by atoms with Crippen LogP contribution in [0.2, 0.25) is 0 Å². The van der Waals surface area contributed by atoms with Crippen LogP contribution in [0.15, 0.2) is 29.3 Å². The molecular weight excluding hydrogens is 319 g/mol. The first-order chi connectivity index (χ1) is 12.2. The first-order valence-electron chi connectivity index (χ1n) is 9.23. The van der Waals surface area contributed by atoms with Gasteiger partial charge in [-0.25, -0.2) is 4.39 Å². The van der Waals surface area contributed by atoms with Crippen molar-refractivity contribution in [3.05, 3.63) is 35.6 Å². The van der Waals surface area contributed by atoms with Crippen LogP contribution in [0.25, 0.3) is 0 Å². The minimum atomic E-state index is -0.292. The van der Waals surface area contributed by atoms with Gasteiger partial charge in [0.2, 0.25) is 5.91 Å². The third-order valence-corrected chi connectivity index (χ3v) is 4.27. The van der Waals surface area contributed by atoms with E-state index in [-0.39, 0.29) is 18.1 Å². The van der Waals surface area contributed by atoms with Crippen LogP contribution in [-0.4, -0.2) is 37.5 Å². The molecule has 1 aromatic rings. The van der Waals surface area contributed by atoms with Crippen molar-refractivity contribution >= 4 is 11.9 Å². The van der Waals surface area contributed by atoms with Gasteiger partial charge in [-0.15, -0.1) is 0 Å². The molecule has 0 spiro atoms. The largest absolute Gasteiger partial charge is 0.357 e. The number of rotatable bonds is 7. The topological polar surface area (TPSA) is 65.5 Å². The van der Waals surface area contributed by atoms with Gasteiger partial charge in [-0.1, -0.05) is 31.4 Å². The second kappa shape index (κ2) is 10.7. The summed E-state index contributed by atoms with van der Waals surface area (Å²) in [7, 11) is 0. The van der Waals surface area contributed by atoms with Gasteiger partial charge in [0.25, 0.3) is 0 Å². The van der Waals surface area contributed by atoms with E-state index >= 15 is 0 Å². The van der Waals surface area contributed by atoms with E-state index < -0.39 is 0 Å². The maximum Gasteiger partial charge on any atom is 0.224 e. The molecule has 0 atom stereocenters. The highest BCUT2D eigenvalue weighted by Gasteiger charge is 2.14. The Balaban J connectivity index is 1.70. The Morgan fingerprint density at radius 1 is 1.16 bits per heavy atom. The molecule has 1 aliphatic rings. The molecule has 0 unspecified atom stereocenters. The lowest BCUT2D eigenvalue weighted by Crippen LogP contribution is -2.44. The van der Waals surface area contributed by atoms with E-state index in [1.165, 1.54) is 44.2 Å². The summed E-state index contributed by atoms with van der Waals surface area (Å²) in [6, 6.07) is 6.49. The summed E-state index contributed by atoms with van der Waals surface area (Å²) in [6.07, 6.45) is 6.51. The SMILES string of the molecule is CCNC(=NCCNC(=O)Cc1ccc(F)cc1)NC1CCCCC1. The molecule has 3 N–H and O–H groups in total. The Labute approximate surface area is 149 Å². The molecule has 5 nitrogen and oxygen atoms in total. The van der Waals surface area contributed by atoms with E-state index in [9.17, 15) is 9.18 Å². The van der Waals surface area contributed by atoms with Crippen molar-refractivity contribution in [2.75, 3.05) is 19.6 Å². The smallest absolute Gasteiger partial charge is 0.224 e. The Bertz CT molecular complexity index is 553. The van der Waals surface area contributed by atoms with Gasteiger partial charge < -0.3 is 16.0 Å². The molecule has 1 saturated carbocycles. The van der Waals surface area contributed by atoms with Crippen LogP contribution in [0.3, 0.4) is 0 Å². The van der Waals surface area contributed by atoms with Crippen molar-refractivity contribution in [2.24, 2.45) is 4.99 Å². The molecule has 0 heterocycles. The average Bonchev–Trinajstić information content (AvgIpc) is 2.62. The lowest BCUT2D eigenvalue weighted by molar-refractivity contribution is -0.120. The molecule has 0 saturated heterocycles. The van der Waals surface area contributed by atoms with Gasteiger partial charge in [0, 0.05) is 19.1 Å². The summed E-state index contributed by atoms with van der Waals surface area (Å²) < 4.78 is 12.9. The first-order valence-corrected chi connectivity index (χ1v) is 9.23.